The molecular formula is C20H34O2. The summed E-state index contributed by atoms with van der Waals surface area (Å²) in [4.78, 5) is 0. The predicted molar refractivity (Wildman–Crippen MR) is 92.5 cm³/mol. The van der Waals surface area contributed by atoms with Crippen molar-refractivity contribution < 1.29 is 10.2 Å². The molecule has 0 aliphatic heterocycles. The maximum Gasteiger partial charge on any atom is 0.0607 e. The topological polar surface area (TPSA) is 40.5 Å². The van der Waals surface area contributed by atoms with E-state index in [-0.39, 0.29) is 11.5 Å². The van der Waals surface area contributed by atoms with Crippen molar-refractivity contribution >= 4 is 0 Å². The average Bonchev–Trinajstić information content (AvgIpc) is 2.47. The van der Waals surface area contributed by atoms with Gasteiger partial charge in [-0.15, -0.1) is 0 Å². The van der Waals surface area contributed by atoms with Gasteiger partial charge in [-0.1, -0.05) is 45.1 Å². The first-order valence-corrected chi connectivity index (χ1v) is 8.85. The molecular weight excluding hydrogens is 272 g/mol. The summed E-state index contributed by atoms with van der Waals surface area (Å²) in [7, 11) is 0. The molecule has 0 radical (unpaired) electrons. The fourth-order valence-corrected chi connectivity index (χ4v) is 4.60. The van der Waals surface area contributed by atoms with Crippen LogP contribution in [0.25, 0.3) is 0 Å². The molecule has 2 nitrogen and oxygen atoms in total. The summed E-state index contributed by atoms with van der Waals surface area (Å²) in [5.74, 6) is 1.88. The lowest BCUT2D eigenvalue weighted by atomic mass is 9.42. The zero-order chi connectivity index (χ0) is 16.5. The second-order valence-electron chi connectivity index (χ2n) is 8.51. The first-order chi connectivity index (χ1) is 10.2. The molecule has 0 amide bonds. The smallest absolute Gasteiger partial charge is 0.0607 e. The second-order valence-corrected chi connectivity index (χ2v) is 8.51. The standard InChI is InChI=1S/C10H16O.C10H18O/c1-9(2)8-4-3-5-10(9,6-8)7-11;1-7(2)9-5-4-8(3)6-10(9)11/h3,5,8,11H,4,6-7H2,1-2H3;8-11H,1,4-6H2,2-3H3. The van der Waals surface area contributed by atoms with Crippen molar-refractivity contribution in [1.82, 2.24) is 0 Å². The van der Waals surface area contributed by atoms with E-state index < -0.39 is 0 Å². The van der Waals surface area contributed by atoms with Gasteiger partial charge in [0.15, 0.2) is 0 Å². The van der Waals surface area contributed by atoms with E-state index >= 15 is 0 Å². The molecule has 4 aliphatic carbocycles. The summed E-state index contributed by atoms with van der Waals surface area (Å²) in [5.41, 5.74) is 1.62. The highest BCUT2D eigenvalue weighted by Crippen LogP contribution is 2.64. The Morgan fingerprint density at radius 2 is 2.00 bits per heavy atom. The van der Waals surface area contributed by atoms with Crippen LogP contribution in [-0.4, -0.2) is 22.9 Å². The largest absolute Gasteiger partial charge is 0.395 e. The summed E-state index contributed by atoms with van der Waals surface area (Å²) in [6, 6.07) is 0. The Hall–Kier alpha value is -0.600. The summed E-state index contributed by atoms with van der Waals surface area (Å²) in [6.07, 6.45) is 10.1. The minimum absolute atomic E-state index is 0.128. The molecule has 0 heterocycles. The lowest BCUT2D eigenvalue weighted by Crippen LogP contribution is -2.57. The van der Waals surface area contributed by atoms with Crippen molar-refractivity contribution in [2.75, 3.05) is 6.61 Å². The number of aliphatic hydroxyl groups is 2. The van der Waals surface area contributed by atoms with E-state index in [4.69, 9.17) is 0 Å². The predicted octanol–water partition coefficient (Wildman–Crippen LogP) is 4.33. The van der Waals surface area contributed by atoms with Crippen LogP contribution >= 0.6 is 0 Å². The van der Waals surface area contributed by atoms with Gasteiger partial charge in [-0.2, -0.15) is 0 Å². The Balaban J connectivity index is 0.000000160. The monoisotopic (exact) mass is 306 g/mol. The van der Waals surface area contributed by atoms with Crippen molar-refractivity contribution in [2.24, 2.45) is 28.6 Å². The number of rotatable bonds is 2. The molecule has 2 heteroatoms. The van der Waals surface area contributed by atoms with Gasteiger partial charge in [-0.25, -0.2) is 0 Å². The zero-order valence-corrected chi connectivity index (χ0v) is 14.8. The Bertz CT molecular complexity index is 437. The van der Waals surface area contributed by atoms with Gasteiger partial charge in [-0.3, -0.25) is 0 Å². The van der Waals surface area contributed by atoms with E-state index in [9.17, 15) is 10.2 Å². The van der Waals surface area contributed by atoms with Gasteiger partial charge in [0.05, 0.1) is 12.7 Å². The van der Waals surface area contributed by atoms with Crippen LogP contribution in [0.5, 0.6) is 0 Å². The third-order valence-electron chi connectivity index (χ3n) is 6.77. The summed E-state index contributed by atoms with van der Waals surface area (Å²) in [6.45, 7) is 13.0. The van der Waals surface area contributed by atoms with Crippen LogP contribution < -0.4 is 0 Å². The Labute approximate surface area is 136 Å². The maximum atomic E-state index is 9.65. The molecule has 2 N–H and O–H groups in total. The van der Waals surface area contributed by atoms with Crippen molar-refractivity contribution in [2.45, 2.75) is 65.9 Å². The number of hydrogen-bond donors (Lipinski definition) is 2. The van der Waals surface area contributed by atoms with Crippen molar-refractivity contribution in [1.29, 1.82) is 0 Å². The molecule has 2 fully saturated rings. The van der Waals surface area contributed by atoms with Gasteiger partial charge in [0.2, 0.25) is 0 Å². The van der Waals surface area contributed by atoms with Crippen LogP contribution in [0.3, 0.4) is 0 Å². The molecule has 0 aromatic carbocycles. The van der Waals surface area contributed by atoms with Crippen molar-refractivity contribution in [3.05, 3.63) is 24.3 Å². The molecule has 5 unspecified atom stereocenters. The van der Waals surface area contributed by atoms with E-state index in [1.165, 1.54) is 19.3 Å². The highest BCUT2D eigenvalue weighted by molar-refractivity contribution is 5.22. The molecule has 2 saturated carbocycles. The van der Waals surface area contributed by atoms with E-state index in [0.29, 0.717) is 23.9 Å². The van der Waals surface area contributed by atoms with E-state index in [1.54, 1.807) is 0 Å². The third-order valence-corrected chi connectivity index (χ3v) is 6.77. The van der Waals surface area contributed by atoms with Gasteiger partial charge < -0.3 is 10.2 Å². The summed E-state index contributed by atoms with van der Waals surface area (Å²) < 4.78 is 0. The molecule has 4 aliphatic rings. The van der Waals surface area contributed by atoms with Gasteiger partial charge in [0.1, 0.15) is 0 Å². The van der Waals surface area contributed by atoms with E-state index in [2.05, 4.69) is 39.5 Å². The fraction of sp³-hybridized carbons (Fsp3) is 0.800. The average molecular weight is 306 g/mol. The number of fused-ring (bicyclic) bond motifs is 1. The van der Waals surface area contributed by atoms with Crippen LogP contribution in [0.1, 0.15) is 59.8 Å². The lowest BCUT2D eigenvalue weighted by Gasteiger charge is -2.62. The molecule has 5 atom stereocenters. The Morgan fingerprint density at radius 1 is 1.32 bits per heavy atom. The summed E-state index contributed by atoms with van der Waals surface area (Å²) in [5, 5.41) is 18.9. The first-order valence-electron chi connectivity index (χ1n) is 8.85. The van der Waals surface area contributed by atoms with Crippen LogP contribution in [0.15, 0.2) is 24.3 Å². The zero-order valence-electron chi connectivity index (χ0n) is 14.8. The van der Waals surface area contributed by atoms with Gasteiger partial charge >= 0.3 is 0 Å². The normalized spacial score (nSPS) is 41.9. The number of hydrogen-bond acceptors (Lipinski definition) is 2. The number of allylic oxidation sites excluding steroid dienone is 1. The molecule has 4 rings (SSSR count). The Morgan fingerprint density at radius 3 is 2.41 bits per heavy atom. The Kier molecular flexibility index (Phi) is 5.23. The van der Waals surface area contributed by atoms with Gasteiger partial charge in [0.25, 0.3) is 0 Å². The van der Waals surface area contributed by atoms with E-state index in [1.807, 2.05) is 6.92 Å². The molecule has 0 spiro atoms. The van der Waals surface area contributed by atoms with Crippen LogP contribution in [0.4, 0.5) is 0 Å². The minimum atomic E-state index is -0.128. The molecule has 126 valence electrons. The first kappa shape index (κ1) is 17.7. The van der Waals surface area contributed by atoms with Crippen LogP contribution in [-0.2, 0) is 0 Å². The molecule has 0 aromatic rings. The van der Waals surface area contributed by atoms with Crippen LogP contribution in [0.2, 0.25) is 0 Å². The molecule has 0 saturated heterocycles. The quantitative estimate of drug-likeness (QED) is 0.745. The second kappa shape index (κ2) is 6.49. The summed E-state index contributed by atoms with van der Waals surface area (Å²) >= 11 is 0. The number of aliphatic hydroxyl groups excluding tert-OH is 2. The van der Waals surface area contributed by atoms with Crippen LogP contribution in [0, 0.1) is 28.6 Å². The van der Waals surface area contributed by atoms with Gasteiger partial charge in [-0.05, 0) is 56.3 Å². The SMILES string of the molecule is C=C(C)C1CCC(C)CC1O.CC1(C)C2CC=CC1(CO)C2. The fourth-order valence-electron chi connectivity index (χ4n) is 4.60. The lowest BCUT2D eigenvalue weighted by molar-refractivity contribution is -0.121. The van der Waals surface area contributed by atoms with Crippen molar-refractivity contribution in [3.8, 4) is 0 Å². The van der Waals surface area contributed by atoms with E-state index in [0.717, 1.165) is 24.3 Å². The van der Waals surface area contributed by atoms with Gasteiger partial charge in [0, 0.05) is 11.3 Å². The third kappa shape index (κ3) is 3.05. The maximum absolute atomic E-state index is 9.65. The highest BCUT2D eigenvalue weighted by atomic mass is 16.3. The molecule has 22 heavy (non-hydrogen) atoms. The highest BCUT2D eigenvalue weighted by Gasteiger charge is 2.58. The van der Waals surface area contributed by atoms with Crippen molar-refractivity contribution in [3.63, 3.8) is 0 Å². The minimum Gasteiger partial charge on any atom is -0.395 e. The molecule has 2 bridgehead atoms. The molecule has 0 aromatic heterocycles.